The summed E-state index contributed by atoms with van der Waals surface area (Å²) in [5, 5.41) is 2.97. The van der Waals surface area contributed by atoms with E-state index in [1.807, 2.05) is 39.0 Å². The fourth-order valence-electron chi connectivity index (χ4n) is 3.31. The third kappa shape index (κ3) is 3.98. The van der Waals surface area contributed by atoms with Crippen LogP contribution in [0.4, 0.5) is 0 Å². The number of H-pyrrole nitrogens is 1. The minimum atomic E-state index is -0.621. The number of aryl methyl sites for hydroxylation is 2. The Morgan fingerprint density at radius 2 is 2.00 bits per heavy atom. The molecule has 0 aliphatic heterocycles. The quantitative estimate of drug-likeness (QED) is 0.649. The molecule has 2 heterocycles. The van der Waals surface area contributed by atoms with E-state index in [1.54, 1.807) is 20.1 Å². The van der Waals surface area contributed by atoms with E-state index in [1.165, 1.54) is 4.57 Å². The van der Waals surface area contributed by atoms with Crippen LogP contribution >= 0.6 is 0 Å². The van der Waals surface area contributed by atoms with Gasteiger partial charge in [0.05, 0.1) is 18.1 Å². The van der Waals surface area contributed by atoms with Gasteiger partial charge < -0.3 is 10.1 Å². The largest absolute Gasteiger partial charge is 0.496 e. The molecule has 158 valence electrons. The number of carbonyl (C=O) groups is 1. The third-order valence-electron chi connectivity index (χ3n) is 5.05. The highest BCUT2D eigenvalue weighted by Crippen LogP contribution is 2.21. The molecule has 0 saturated heterocycles. The highest BCUT2D eigenvalue weighted by molar-refractivity contribution is 6.05. The van der Waals surface area contributed by atoms with Crippen LogP contribution in [0.5, 0.6) is 5.75 Å². The number of nitrogens with zero attached hydrogens (tertiary/aromatic N) is 2. The number of carbonyl (C=O) groups excluding carboxylic acids is 1. The molecular formula is C22H26N4O4. The van der Waals surface area contributed by atoms with Crippen LogP contribution in [0.2, 0.25) is 0 Å². The van der Waals surface area contributed by atoms with Gasteiger partial charge in [0, 0.05) is 18.8 Å². The lowest BCUT2D eigenvalue weighted by Crippen LogP contribution is -2.33. The van der Waals surface area contributed by atoms with Crippen molar-refractivity contribution in [2.75, 3.05) is 7.11 Å². The van der Waals surface area contributed by atoms with Crippen LogP contribution < -0.4 is 21.3 Å². The van der Waals surface area contributed by atoms with Crippen molar-refractivity contribution < 1.29 is 9.53 Å². The van der Waals surface area contributed by atoms with E-state index in [0.29, 0.717) is 12.2 Å². The molecule has 0 unspecified atom stereocenters. The lowest BCUT2D eigenvalue weighted by atomic mass is 10.0. The van der Waals surface area contributed by atoms with Crippen LogP contribution in [0.25, 0.3) is 11.0 Å². The average molecular weight is 410 g/mol. The van der Waals surface area contributed by atoms with E-state index < -0.39 is 17.2 Å². The molecule has 0 atom stereocenters. The number of methoxy groups -OCH3 is 1. The van der Waals surface area contributed by atoms with Crippen LogP contribution in [0.1, 0.15) is 53.9 Å². The van der Waals surface area contributed by atoms with Crippen LogP contribution in [-0.4, -0.2) is 27.6 Å². The van der Waals surface area contributed by atoms with E-state index in [4.69, 9.17) is 4.74 Å². The number of hydrogen-bond acceptors (Lipinski definition) is 5. The first-order valence-electron chi connectivity index (χ1n) is 9.86. The van der Waals surface area contributed by atoms with Crippen molar-refractivity contribution in [1.29, 1.82) is 0 Å². The van der Waals surface area contributed by atoms with Gasteiger partial charge in [0.15, 0.2) is 5.65 Å². The Bertz CT molecular complexity index is 1220. The van der Waals surface area contributed by atoms with Crippen LogP contribution in [0, 0.1) is 6.92 Å². The van der Waals surface area contributed by atoms with Crippen LogP contribution in [0.15, 0.2) is 33.9 Å². The van der Waals surface area contributed by atoms with E-state index in [2.05, 4.69) is 15.3 Å². The second-order valence-electron chi connectivity index (χ2n) is 7.44. The molecule has 3 aromatic rings. The zero-order chi connectivity index (χ0) is 22.0. The lowest BCUT2D eigenvalue weighted by molar-refractivity contribution is 0.0952. The highest BCUT2D eigenvalue weighted by Gasteiger charge is 2.20. The van der Waals surface area contributed by atoms with Gasteiger partial charge in [0.1, 0.15) is 5.75 Å². The lowest BCUT2D eigenvalue weighted by Gasteiger charge is -2.14. The SMILES string of the molecule is CCn1c(=O)[nH]c(=O)c2c(C(=O)NCc3ccc(C)c(OC)c3)cc(C(C)C)nc21. The maximum Gasteiger partial charge on any atom is 0.329 e. The zero-order valence-electron chi connectivity index (χ0n) is 17.8. The molecule has 0 spiro atoms. The molecule has 30 heavy (non-hydrogen) atoms. The van der Waals surface area contributed by atoms with Crippen molar-refractivity contribution in [3.8, 4) is 5.75 Å². The van der Waals surface area contributed by atoms with E-state index >= 15 is 0 Å². The minimum Gasteiger partial charge on any atom is -0.496 e. The van der Waals surface area contributed by atoms with Crippen molar-refractivity contribution in [2.24, 2.45) is 0 Å². The Balaban J connectivity index is 2.07. The number of aromatic amines is 1. The minimum absolute atomic E-state index is 0.0157. The Hall–Kier alpha value is -3.42. The fraction of sp³-hybridized carbons (Fsp3) is 0.364. The normalized spacial score (nSPS) is 11.1. The molecule has 1 aromatic carbocycles. The van der Waals surface area contributed by atoms with Crippen LogP contribution in [-0.2, 0) is 13.1 Å². The van der Waals surface area contributed by atoms with Crippen molar-refractivity contribution in [2.45, 2.75) is 46.7 Å². The van der Waals surface area contributed by atoms with Gasteiger partial charge in [0.25, 0.3) is 11.5 Å². The number of amides is 1. The molecule has 2 N–H and O–H groups in total. The van der Waals surface area contributed by atoms with E-state index in [9.17, 15) is 14.4 Å². The predicted octanol–water partition coefficient (Wildman–Crippen LogP) is 2.48. The molecule has 8 nitrogen and oxygen atoms in total. The molecule has 3 rings (SSSR count). The summed E-state index contributed by atoms with van der Waals surface area (Å²) in [5.41, 5.74) is 1.76. The van der Waals surface area contributed by atoms with Crippen LogP contribution in [0.3, 0.4) is 0 Å². The summed E-state index contributed by atoms with van der Waals surface area (Å²) in [4.78, 5) is 44.6. The van der Waals surface area contributed by atoms with E-state index in [-0.39, 0.29) is 29.1 Å². The smallest absolute Gasteiger partial charge is 0.329 e. The first-order chi connectivity index (χ1) is 14.3. The number of fused-ring (bicyclic) bond motifs is 1. The number of pyridine rings is 1. The van der Waals surface area contributed by atoms with Gasteiger partial charge in [-0.1, -0.05) is 26.0 Å². The predicted molar refractivity (Wildman–Crippen MR) is 115 cm³/mol. The first-order valence-corrected chi connectivity index (χ1v) is 9.86. The summed E-state index contributed by atoms with van der Waals surface area (Å²) in [5.74, 6) is 0.347. The molecule has 0 aliphatic rings. The Labute approximate surface area is 173 Å². The number of nitrogens with one attached hydrogen (secondary N) is 2. The number of benzene rings is 1. The second kappa shape index (κ2) is 8.52. The summed E-state index contributed by atoms with van der Waals surface area (Å²) < 4.78 is 6.70. The molecule has 0 radical (unpaired) electrons. The zero-order valence-corrected chi connectivity index (χ0v) is 17.8. The molecule has 0 fully saturated rings. The van der Waals surface area contributed by atoms with Gasteiger partial charge in [-0.05, 0) is 43.0 Å². The molecule has 0 saturated carbocycles. The summed E-state index contributed by atoms with van der Waals surface area (Å²) in [7, 11) is 1.60. The number of aromatic nitrogens is 3. The highest BCUT2D eigenvalue weighted by atomic mass is 16.5. The fourth-order valence-corrected chi connectivity index (χ4v) is 3.31. The third-order valence-corrected chi connectivity index (χ3v) is 5.05. The maximum atomic E-state index is 13.1. The number of rotatable bonds is 6. The van der Waals surface area contributed by atoms with Gasteiger partial charge in [-0.25, -0.2) is 9.78 Å². The average Bonchev–Trinajstić information content (AvgIpc) is 2.72. The molecule has 1 amide bonds. The topological polar surface area (TPSA) is 106 Å². The monoisotopic (exact) mass is 410 g/mol. The van der Waals surface area contributed by atoms with Gasteiger partial charge >= 0.3 is 5.69 Å². The van der Waals surface area contributed by atoms with Crippen molar-refractivity contribution in [3.05, 3.63) is 67.5 Å². The van der Waals surface area contributed by atoms with Crippen molar-refractivity contribution in [1.82, 2.24) is 19.9 Å². The van der Waals surface area contributed by atoms with Gasteiger partial charge in [-0.2, -0.15) is 0 Å². The van der Waals surface area contributed by atoms with Gasteiger partial charge in [-0.15, -0.1) is 0 Å². The summed E-state index contributed by atoms with van der Waals surface area (Å²) in [6.07, 6.45) is 0. The van der Waals surface area contributed by atoms with E-state index in [0.717, 1.165) is 16.9 Å². The number of ether oxygens (including phenoxy) is 1. The molecule has 2 aromatic heterocycles. The molecule has 0 bridgehead atoms. The standard InChI is InChI=1S/C22H26N4O4/c1-6-26-19-18(21(28)25-22(26)29)15(10-16(24-19)12(2)3)20(27)23-11-14-8-7-13(4)17(9-14)30-5/h7-10,12H,6,11H2,1-5H3,(H,23,27)(H,25,28,29). The van der Waals surface area contributed by atoms with Crippen molar-refractivity contribution >= 4 is 16.9 Å². The molecule has 8 heteroatoms. The number of hydrogen-bond donors (Lipinski definition) is 2. The summed E-state index contributed by atoms with van der Waals surface area (Å²) in [6.45, 7) is 8.20. The van der Waals surface area contributed by atoms with Gasteiger partial charge in [0.2, 0.25) is 0 Å². The first kappa shape index (κ1) is 21.3. The van der Waals surface area contributed by atoms with Gasteiger partial charge in [-0.3, -0.25) is 19.1 Å². The second-order valence-corrected chi connectivity index (χ2v) is 7.44. The maximum absolute atomic E-state index is 13.1. The summed E-state index contributed by atoms with van der Waals surface area (Å²) >= 11 is 0. The summed E-state index contributed by atoms with van der Waals surface area (Å²) in [6, 6.07) is 7.31. The Morgan fingerprint density at radius 1 is 1.27 bits per heavy atom. The van der Waals surface area contributed by atoms with Crippen molar-refractivity contribution in [3.63, 3.8) is 0 Å². The molecular weight excluding hydrogens is 384 g/mol. The Kier molecular flexibility index (Phi) is 6.05. The molecule has 0 aliphatic carbocycles. The Morgan fingerprint density at radius 3 is 2.63 bits per heavy atom.